The molecule has 1 aromatic carbocycles. The zero-order valence-electron chi connectivity index (χ0n) is 20.4. The van der Waals surface area contributed by atoms with E-state index >= 15 is 0 Å². The van der Waals surface area contributed by atoms with Gasteiger partial charge in [0.15, 0.2) is 5.65 Å². The van der Waals surface area contributed by atoms with Crippen LogP contribution in [0.2, 0.25) is 0 Å². The minimum absolute atomic E-state index is 0.0978. The molecule has 2 heterocycles. The highest BCUT2D eigenvalue weighted by Gasteiger charge is 2.26. The molecule has 0 atom stereocenters. The minimum Gasteiger partial charge on any atom is -0.394 e. The zero-order valence-corrected chi connectivity index (χ0v) is 21.2. The van der Waals surface area contributed by atoms with E-state index in [1.807, 2.05) is 13.0 Å². The average Bonchev–Trinajstić information content (AvgIpc) is 3.53. The number of amides is 1. The second kappa shape index (κ2) is 9.47. The Morgan fingerprint density at radius 3 is 2.56 bits per heavy atom. The topological polar surface area (TPSA) is 130 Å². The number of carbonyl (C=O) groups is 1. The average molecular weight is 508 g/mol. The molecule has 2 aliphatic rings. The maximum atomic E-state index is 12.5. The van der Waals surface area contributed by atoms with Crippen LogP contribution in [-0.2, 0) is 9.84 Å². The van der Waals surface area contributed by atoms with Crippen molar-refractivity contribution in [2.75, 3.05) is 17.6 Å². The van der Waals surface area contributed by atoms with E-state index in [-0.39, 0.29) is 35.1 Å². The molecule has 10 nitrogen and oxygen atoms in total. The van der Waals surface area contributed by atoms with Gasteiger partial charge in [0.05, 0.1) is 12.3 Å². The van der Waals surface area contributed by atoms with Gasteiger partial charge in [-0.2, -0.15) is 19.6 Å². The number of benzene rings is 1. The molecule has 2 fully saturated rings. The first-order valence-corrected chi connectivity index (χ1v) is 14.1. The Bertz CT molecular complexity index is 1410. The van der Waals surface area contributed by atoms with Crippen LogP contribution < -0.4 is 10.1 Å². The highest BCUT2D eigenvalue weighted by Crippen LogP contribution is 2.30. The quantitative estimate of drug-likeness (QED) is 0.463. The zero-order chi connectivity index (χ0) is 25.6. The van der Waals surface area contributed by atoms with E-state index in [1.165, 1.54) is 9.33 Å². The van der Waals surface area contributed by atoms with E-state index < -0.39 is 9.84 Å². The smallest absolute Gasteiger partial charge is 0.252 e. The van der Waals surface area contributed by atoms with Gasteiger partial charge >= 0.3 is 0 Å². The normalized spacial score (nSPS) is 20.4. The predicted molar refractivity (Wildman–Crippen MR) is 136 cm³/mol. The molecule has 3 aromatic rings. The van der Waals surface area contributed by atoms with Gasteiger partial charge in [0, 0.05) is 30.0 Å². The third-order valence-corrected chi connectivity index (χ3v) is 7.73. The molecule has 0 unspecified atom stereocenters. The number of carbonyl (C=O) groups excluding carboxylic acids is 1. The standard InChI is InChI=1S/C24H29BN6O4S/c1-14-11-16(5-10-19(14)22(33)27-17-6-7-17)20-12-26-31-21(20)28-23(36(2,34)35)29-24(31)30(25)13-15-3-8-18(32)9-4-15/h5,10-12,15,17-18,32H,3-4,6-9,13H2,1-2H3,(H,27,33). The first kappa shape index (κ1) is 24.7. The molecule has 12 heteroatoms. The summed E-state index contributed by atoms with van der Waals surface area (Å²) in [6.07, 6.45) is 7.48. The number of fused-ring (bicyclic) bond motifs is 1. The van der Waals surface area contributed by atoms with Gasteiger partial charge in [-0.15, -0.1) is 0 Å². The first-order chi connectivity index (χ1) is 17.1. The van der Waals surface area contributed by atoms with Crippen molar-refractivity contribution in [1.29, 1.82) is 0 Å². The van der Waals surface area contributed by atoms with E-state index in [1.54, 1.807) is 18.3 Å². The van der Waals surface area contributed by atoms with Crippen molar-refractivity contribution in [3.8, 4) is 11.1 Å². The summed E-state index contributed by atoms with van der Waals surface area (Å²) < 4.78 is 26.3. The summed E-state index contributed by atoms with van der Waals surface area (Å²) in [6, 6.07) is 5.70. The summed E-state index contributed by atoms with van der Waals surface area (Å²) >= 11 is 0. The van der Waals surface area contributed by atoms with Crippen molar-refractivity contribution in [2.45, 2.75) is 62.8 Å². The fourth-order valence-electron chi connectivity index (χ4n) is 4.66. The van der Waals surface area contributed by atoms with Gasteiger partial charge in [0.1, 0.15) is 0 Å². The number of nitrogens with zero attached hydrogens (tertiary/aromatic N) is 5. The number of hydrogen-bond donors (Lipinski definition) is 2. The molecule has 0 bridgehead atoms. The van der Waals surface area contributed by atoms with Crippen LogP contribution in [0.3, 0.4) is 0 Å². The van der Waals surface area contributed by atoms with Crippen LogP contribution >= 0.6 is 0 Å². The Labute approximate surface area is 211 Å². The van der Waals surface area contributed by atoms with Crippen molar-refractivity contribution in [1.82, 2.24) is 24.9 Å². The number of hydrogen-bond acceptors (Lipinski definition) is 8. The lowest BCUT2D eigenvalue weighted by Gasteiger charge is -2.30. The predicted octanol–water partition coefficient (Wildman–Crippen LogP) is 1.84. The molecule has 0 spiro atoms. The van der Waals surface area contributed by atoms with Crippen LogP contribution in [0.5, 0.6) is 0 Å². The van der Waals surface area contributed by atoms with Gasteiger partial charge in [-0.25, -0.2) is 8.42 Å². The van der Waals surface area contributed by atoms with Crippen molar-refractivity contribution in [2.24, 2.45) is 5.92 Å². The minimum atomic E-state index is -3.73. The number of anilines is 1. The molecule has 5 rings (SSSR count). The van der Waals surface area contributed by atoms with E-state index in [0.29, 0.717) is 36.2 Å². The second-order valence-corrected chi connectivity index (χ2v) is 11.9. The van der Waals surface area contributed by atoms with Crippen LogP contribution in [0.4, 0.5) is 5.95 Å². The van der Waals surface area contributed by atoms with Gasteiger partial charge < -0.3 is 15.2 Å². The fraction of sp³-hybridized carbons (Fsp3) is 0.500. The number of sulfone groups is 1. The van der Waals surface area contributed by atoms with Gasteiger partial charge in [-0.3, -0.25) is 4.79 Å². The van der Waals surface area contributed by atoms with Crippen LogP contribution in [0.1, 0.15) is 54.4 Å². The summed E-state index contributed by atoms with van der Waals surface area (Å²) in [7, 11) is 2.66. The molecule has 0 saturated heterocycles. The van der Waals surface area contributed by atoms with Crippen molar-refractivity contribution in [3.63, 3.8) is 0 Å². The van der Waals surface area contributed by atoms with Gasteiger partial charge in [-0.1, -0.05) is 12.1 Å². The van der Waals surface area contributed by atoms with Gasteiger partial charge in [0.2, 0.25) is 23.8 Å². The molecule has 1 amide bonds. The lowest BCUT2D eigenvalue weighted by atomic mass is 9.87. The maximum Gasteiger partial charge on any atom is 0.252 e. The Kier molecular flexibility index (Phi) is 6.50. The number of aromatic nitrogens is 4. The molecular weight excluding hydrogens is 479 g/mol. The lowest BCUT2D eigenvalue weighted by Crippen LogP contribution is -2.33. The number of aliphatic hydroxyl groups excluding tert-OH is 1. The fourth-order valence-corrected chi connectivity index (χ4v) is 5.16. The third kappa shape index (κ3) is 5.10. The van der Waals surface area contributed by atoms with Crippen LogP contribution in [0.15, 0.2) is 29.6 Å². The second-order valence-electron chi connectivity index (χ2n) is 9.98. The van der Waals surface area contributed by atoms with Crippen LogP contribution in [-0.4, -0.2) is 71.9 Å². The number of rotatable bonds is 7. The molecule has 0 aliphatic heterocycles. The Hall–Kier alpha value is -2.99. The van der Waals surface area contributed by atoms with Gasteiger partial charge in [0.25, 0.3) is 11.1 Å². The van der Waals surface area contributed by atoms with E-state index in [9.17, 15) is 18.3 Å². The molecule has 2 N–H and O–H groups in total. The SMILES string of the molecule is [B]N(CC1CCC(O)CC1)c1nc(S(C)(=O)=O)nc2c(-c3ccc(C(=O)NC4CC4)c(C)c3)cnn12. The Morgan fingerprint density at radius 2 is 1.92 bits per heavy atom. The van der Waals surface area contributed by atoms with Crippen molar-refractivity contribution >= 4 is 35.3 Å². The van der Waals surface area contributed by atoms with E-state index in [0.717, 1.165) is 43.1 Å². The van der Waals surface area contributed by atoms with E-state index in [2.05, 4.69) is 20.4 Å². The summed E-state index contributed by atoms with van der Waals surface area (Å²) in [5.74, 6) is 0.325. The monoisotopic (exact) mass is 508 g/mol. The van der Waals surface area contributed by atoms with Crippen molar-refractivity contribution in [3.05, 3.63) is 35.5 Å². The molecule has 2 radical (unpaired) electrons. The summed E-state index contributed by atoms with van der Waals surface area (Å²) in [6.45, 7) is 2.31. The summed E-state index contributed by atoms with van der Waals surface area (Å²) in [4.78, 5) is 22.5. The highest BCUT2D eigenvalue weighted by atomic mass is 32.2. The Morgan fingerprint density at radius 1 is 1.19 bits per heavy atom. The Balaban J connectivity index is 1.51. The molecule has 188 valence electrons. The third-order valence-electron chi connectivity index (χ3n) is 6.88. The summed E-state index contributed by atoms with van der Waals surface area (Å²) in [5, 5.41) is 16.9. The highest BCUT2D eigenvalue weighted by molar-refractivity contribution is 7.90. The molecule has 36 heavy (non-hydrogen) atoms. The van der Waals surface area contributed by atoms with E-state index in [4.69, 9.17) is 7.98 Å². The molecule has 2 aromatic heterocycles. The molecule has 2 aliphatic carbocycles. The number of aliphatic hydroxyl groups is 1. The first-order valence-electron chi connectivity index (χ1n) is 12.2. The lowest BCUT2D eigenvalue weighted by molar-refractivity contribution is 0.0950. The van der Waals surface area contributed by atoms with Crippen LogP contribution in [0.25, 0.3) is 16.8 Å². The number of nitrogens with one attached hydrogen (secondary N) is 1. The van der Waals surface area contributed by atoms with Gasteiger partial charge in [-0.05, 0) is 68.6 Å². The maximum absolute atomic E-state index is 12.5. The number of aryl methyl sites for hydroxylation is 1. The molecule has 2 saturated carbocycles. The van der Waals surface area contributed by atoms with Crippen molar-refractivity contribution < 1.29 is 18.3 Å². The van der Waals surface area contributed by atoms with Crippen LogP contribution in [0, 0.1) is 12.8 Å². The molecular formula is C24H29BN6O4S. The summed E-state index contributed by atoms with van der Waals surface area (Å²) in [5.41, 5.74) is 3.06. The largest absolute Gasteiger partial charge is 0.394 e.